The lowest BCUT2D eigenvalue weighted by molar-refractivity contribution is -0.143. The zero-order chi connectivity index (χ0) is 26.0. The predicted octanol–water partition coefficient (Wildman–Crippen LogP) is 5.07. The van der Waals surface area contributed by atoms with Gasteiger partial charge in [0.05, 0.1) is 16.0 Å². The van der Waals surface area contributed by atoms with Crippen LogP contribution in [0.5, 0.6) is 11.5 Å². The maximum Gasteiger partial charge on any atom is 0.416 e. The van der Waals surface area contributed by atoms with E-state index in [4.69, 9.17) is 4.74 Å². The molecule has 14 heteroatoms. The molecule has 1 heterocycles. The largest absolute Gasteiger partial charge is 0.457 e. The van der Waals surface area contributed by atoms with Crippen molar-refractivity contribution in [2.75, 3.05) is 11.8 Å². The highest BCUT2D eigenvalue weighted by Crippen LogP contribution is 2.37. The second-order valence-electron chi connectivity index (χ2n) is 6.93. The summed E-state index contributed by atoms with van der Waals surface area (Å²) < 4.78 is 111. The number of hydrogen-bond donors (Lipinski definition) is 2. The number of halogens is 6. The minimum atomic E-state index is -5.20. The Bertz CT molecular complexity index is 1310. The van der Waals surface area contributed by atoms with Crippen LogP contribution in [0.3, 0.4) is 0 Å². The summed E-state index contributed by atoms with van der Waals surface area (Å²) in [5.74, 6) is -0.0283. The van der Waals surface area contributed by atoms with Gasteiger partial charge in [-0.15, -0.1) is 0 Å². The van der Waals surface area contributed by atoms with Crippen LogP contribution in [-0.2, 0) is 22.4 Å². The van der Waals surface area contributed by atoms with Gasteiger partial charge in [0, 0.05) is 25.0 Å². The highest BCUT2D eigenvalue weighted by Gasteiger charge is 2.38. The molecule has 35 heavy (non-hydrogen) atoms. The van der Waals surface area contributed by atoms with Crippen LogP contribution in [0.4, 0.5) is 32.0 Å². The van der Waals surface area contributed by atoms with Crippen molar-refractivity contribution in [3.8, 4) is 11.5 Å². The van der Waals surface area contributed by atoms with Gasteiger partial charge in [0.1, 0.15) is 17.2 Å². The van der Waals surface area contributed by atoms with Gasteiger partial charge in [0.2, 0.25) is 0 Å². The number of rotatable bonds is 6. The first kappa shape index (κ1) is 25.8. The molecule has 0 bridgehead atoms. The molecule has 0 spiro atoms. The van der Waals surface area contributed by atoms with E-state index in [0.717, 1.165) is 0 Å². The summed E-state index contributed by atoms with van der Waals surface area (Å²) in [4.78, 5) is 14.3. The number of ether oxygens (including phenoxy) is 1. The Morgan fingerprint density at radius 2 is 1.43 bits per heavy atom. The number of nitrogens with zero attached hydrogens (tertiary/aromatic N) is 1. The summed E-state index contributed by atoms with van der Waals surface area (Å²) in [5, 5.41) is 2.39. The average molecular weight is 519 g/mol. The Balaban J connectivity index is 1.84. The molecule has 0 radical (unpaired) electrons. The number of amides is 1. The van der Waals surface area contributed by atoms with Crippen LogP contribution >= 0.6 is 0 Å². The molecule has 0 saturated heterocycles. The number of pyridine rings is 1. The third kappa shape index (κ3) is 6.41. The summed E-state index contributed by atoms with van der Waals surface area (Å²) in [5.41, 5.74) is -3.59. The third-order valence-electron chi connectivity index (χ3n) is 4.40. The molecule has 0 atom stereocenters. The van der Waals surface area contributed by atoms with Crippen LogP contribution in [0.2, 0.25) is 0 Å². The van der Waals surface area contributed by atoms with Crippen molar-refractivity contribution in [3.63, 3.8) is 0 Å². The number of sulfonamides is 1. The summed E-state index contributed by atoms with van der Waals surface area (Å²) in [6, 6.07) is 7.83. The maximum atomic E-state index is 13.0. The molecule has 3 aromatic rings. The number of anilines is 1. The van der Waals surface area contributed by atoms with Crippen molar-refractivity contribution in [2.24, 2.45) is 0 Å². The number of aromatic nitrogens is 1. The zero-order valence-electron chi connectivity index (χ0n) is 17.5. The molecule has 3 rings (SSSR count). The standard InChI is InChI=1S/C21H15F6N3O4S/c1-28-19(31)18-11-16(6-7-29-18)34-15-4-2-14(3-5-15)30-35(32,33)17-9-12(20(22,23)24)8-13(10-17)21(25,26)27/h2-11,30H,1H3,(H,28,31). The van der Waals surface area contributed by atoms with Crippen LogP contribution in [0, 0.1) is 0 Å². The van der Waals surface area contributed by atoms with Gasteiger partial charge in [0.25, 0.3) is 15.9 Å². The Hall–Kier alpha value is -3.81. The first-order valence-electron chi connectivity index (χ1n) is 9.47. The van der Waals surface area contributed by atoms with Gasteiger partial charge in [-0.1, -0.05) is 0 Å². The van der Waals surface area contributed by atoms with Crippen LogP contribution < -0.4 is 14.8 Å². The van der Waals surface area contributed by atoms with E-state index in [2.05, 4.69) is 10.3 Å². The number of carbonyl (C=O) groups excluding carboxylic acids is 1. The first-order valence-corrected chi connectivity index (χ1v) is 11.0. The summed E-state index contributed by atoms with van der Waals surface area (Å²) >= 11 is 0. The number of hydrogen-bond acceptors (Lipinski definition) is 5. The van der Waals surface area contributed by atoms with Gasteiger partial charge in [-0.2, -0.15) is 26.3 Å². The van der Waals surface area contributed by atoms with E-state index in [-0.39, 0.29) is 41.1 Å². The lowest BCUT2D eigenvalue weighted by Crippen LogP contribution is -2.18. The smallest absolute Gasteiger partial charge is 0.416 e. The van der Waals surface area contributed by atoms with E-state index in [1.807, 2.05) is 4.72 Å². The van der Waals surface area contributed by atoms with E-state index in [1.165, 1.54) is 49.6 Å². The van der Waals surface area contributed by atoms with Crippen LogP contribution in [0.1, 0.15) is 21.6 Å². The third-order valence-corrected chi connectivity index (χ3v) is 5.77. The van der Waals surface area contributed by atoms with Crippen molar-refractivity contribution < 1.29 is 44.3 Å². The molecule has 0 saturated carbocycles. The van der Waals surface area contributed by atoms with Crippen LogP contribution in [0.15, 0.2) is 65.7 Å². The molecule has 0 aliphatic heterocycles. The van der Waals surface area contributed by atoms with Crippen molar-refractivity contribution in [1.29, 1.82) is 0 Å². The predicted molar refractivity (Wildman–Crippen MR) is 111 cm³/mol. The van der Waals surface area contributed by atoms with E-state index in [0.29, 0.717) is 0 Å². The Morgan fingerprint density at radius 1 is 0.857 bits per heavy atom. The summed E-state index contributed by atoms with van der Waals surface area (Å²) in [6.45, 7) is 0. The Labute approximate surface area is 194 Å². The number of alkyl halides is 6. The lowest BCUT2D eigenvalue weighted by atomic mass is 10.1. The molecule has 1 aromatic heterocycles. The highest BCUT2D eigenvalue weighted by atomic mass is 32.2. The fourth-order valence-electron chi connectivity index (χ4n) is 2.75. The van der Waals surface area contributed by atoms with E-state index in [1.54, 1.807) is 0 Å². The van der Waals surface area contributed by atoms with E-state index < -0.39 is 44.3 Å². The molecule has 0 unspecified atom stereocenters. The van der Waals surface area contributed by atoms with Gasteiger partial charge < -0.3 is 10.1 Å². The first-order chi connectivity index (χ1) is 16.2. The van der Waals surface area contributed by atoms with Gasteiger partial charge in [-0.25, -0.2) is 8.42 Å². The second-order valence-corrected chi connectivity index (χ2v) is 8.61. The van der Waals surface area contributed by atoms with Crippen molar-refractivity contribution in [1.82, 2.24) is 10.3 Å². The van der Waals surface area contributed by atoms with Crippen molar-refractivity contribution in [3.05, 3.63) is 77.6 Å². The van der Waals surface area contributed by atoms with Crippen molar-refractivity contribution >= 4 is 21.6 Å². The minimum absolute atomic E-state index is 0.0775. The lowest BCUT2D eigenvalue weighted by Gasteiger charge is -2.15. The molecular weight excluding hydrogens is 504 g/mol. The SMILES string of the molecule is CNC(=O)c1cc(Oc2ccc(NS(=O)(=O)c3cc(C(F)(F)F)cc(C(F)(F)F)c3)cc2)ccn1. The maximum absolute atomic E-state index is 13.0. The molecule has 7 nitrogen and oxygen atoms in total. The van der Waals surface area contributed by atoms with Crippen LogP contribution in [-0.4, -0.2) is 26.4 Å². The van der Waals surface area contributed by atoms with Crippen LogP contribution in [0.25, 0.3) is 0 Å². The number of benzene rings is 2. The monoisotopic (exact) mass is 519 g/mol. The summed E-state index contributed by atoms with van der Waals surface area (Å²) in [7, 11) is -3.39. The van der Waals surface area contributed by atoms with Gasteiger partial charge in [-0.3, -0.25) is 14.5 Å². The van der Waals surface area contributed by atoms with Gasteiger partial charge in [0.15, 0.2) is 0 Å². The summed E-state index contributed by atoms with van der Waals surface area (Å²) in [6.07, 6.45) is -9.07. The molecule has 0 fully saturated rings. The molecule has 1 amide bonds. The molecule has 2 aromatic carbocycles. The molecular formula is C21H15F6N3O4S. The number of nitrogens with one attached hydrogen (secondary N) is 2. The second kappa shape index (κ2) is 9.44. The molecule has 2 N–H and O–H groups in total. The quantitative estimate of drug-likeness (QED) is 0.443. The van der Waals surface area contributed by atoms with E-state index in [9.17, 15) is 39.6 Å². The Morgan fingerprint density at radius 3 is 1.94 bits per heavy atom. The Kier molecular flexibility index (Phi) is 6.96. The minimum Gasteiger partial charge on any atom is -0.457 e. The zero-order valence-corrected chi connectivity index (χ0v) is 18.3. The molecule has 0 aliphatic carbocycles. The van der Waals surface area contributed by atoms with Gasteiger partial charge >= 0.3 is 12.4 Å². The van der Waals surface area contributed by atoms with Crippen molar-refractivity contribution in [2.45, 2.75) is 17.2 Å². The van der Waals surface area contributed by atoms with Gasteiger partial charge in [-0.05, 0) is 48.5 Å². The number of carbonyl (C=O) groups is 1. The molecule has 186 valence electrons. The fraction of sp³-hybridized carbons (Fsp3) is 0.143. The normalized spacial score (nSPS) is 12.2. The average Bonchev–Trinajstić information content (AvgIpc) is 2.78. The topological polar surface area (TPSA) is 97.4 Å². The highest BCUT2D eigenvalue weighted by molar-refractivity contribution is 7.92. The van der Waals surface area contributed by atoms with E-state index >= 15 is 0 Å². The molecule has 0 aliphatic rings. The fourth-order valence-corrected chi connectivity index (χ4v) is 3.88.